The Hall–Kier alpha value is -1.94. The van der Waals surface area contributed by atoms with Gasteiger partial charge in [0.05, 0.1) is 37.5 Å². The lowest BCUT2D eigenvalue weighted by Crippen LogP contribution is -2.33. The smallest absolute Gasteiger partial charge is 0.116 e. The van der Waals surface area contributed by atoms with Crippen LogP contribution in [-0.4, -0.2) is 14.2 Å². The Kier molecular flexibility index (Phi) is 2.63. The monoisotopic (exact) mass is 244 g/mol. The highest BCUT2D eigenvalue weighted by molar-refractivity contribution is 5.50. The van der Waals surface area contributed by atoms with Crippen molar-refractivity contribution in [1.29, 1.82) is 10.5 Å². The molecule has 0 aromatic rings. The number of methoxy groups -OCH3 is 2. The molecule has 94 valence electrons. The van der Waals surface area contributed by atoms with E-state index in [-0.39, 0.29) is 10.8 Å². The van der Waals surface area contributed by atoms with Crippen LogP contribution < -0.4 is 0 Å². The lowest BCUT2D eigenvalue weighted by molar-refractivity contribution is 0.0754. The summed E-state index contributed by atoms with van der Waals surface area (Å²) in [6.45, 7) is 4.08. The van der Waals surface area contributed by atoms with Crippen molar-refractivity contribution in [3.63, 3.8) is 0 Å². The summed E-state index contributed by atoms with van der Waals surface area (Å²) in [4.78, 5) is 0. The van der Waals surface area contributed by atoms with E-state index >= 15 is 0 Å². The third-order valence-corrected chi connectivity index (χ3v) is 4.51. The Labute approximate surface area is 107 Å². The third kappa shape index (κ3) is 1.18. The van der Waals surface area contributed by atoms with Gasteiger partial charge in [0.2, 0.25) is 0 Å². The van der Waals surface area contributed by atoms with Gasteiger partial charge in [-0.3, -0.25) is 0 Å². The van der Waals surface area contributed by atoms with Crippen molar-refractivity contribution in [3.8, 4) is 12.1 Å². The maximum atomic E-state index is 9.22. The minimum absolute atomic E-state index is 0.358. The molecule has 0 aromatic carbocycles. The summed E-state index contributed by atoms with van der Waals surface area (Å²) in [5, 5.41) is 18.4. The summed E-state index contributed by atoms with van der Waals surface area (Å²) in [6.07, 6.45) is 1.13. The zero-order valence-electron chi connectivity index (χ0n) is 11.1. The highest BCUT2D eigenvalue weighted by Crippen LogP contribution is 2.66. The molecule has 2 aliphatic rings. The lowest BCUT2D eigenvalue weighted by atomic mass is 9.68. The van der Waals surface area contributed by atoms with E-state index in [1.165, 1.54) is 0 Å². The van der Waals surface area contributed by atoms with Crippen LogP contribution in [0.2, 0.25) is 0 Å². The Morgan fingerprint density at radius 3 is 1.44 bits per heavy atom. The predicted molar refractivity (Wildman–Crippen MR) is 64.7 cm³/mol. The number of hydrogen-bond donors (Lipinski definition) is 0. The molecular formula is C14H16N2O2. The van der Waals surface area contributed by atoms with Crippen molar-refractivity contribution in [1.82, 2.24) is 0 Å². The standard InChI is InChI=1S/C14H16N2O2/c1-13-5-9(7-15)12(18-4)14(13,2)6-10(8-16)11(13)17-3/h5-6H2,1-4H3. The van der Waals surface area contributed by atoms with Gasteiger partial charge in [-0.2, -0.15) is 10.5 Å². The Morgan fingerprint density at radius 1 is 0.889 bits per heavy atom. The van der Waals surface area contributed by atoms with Gasteiger partial charge in [0.25, 0.3) is 0 Å². The average molecular weight is 244 g/mol. The van der Waals surface area contributed by atoms with Crippen LogP contribution in [0, 0.1) is 33.5 Å². The van der Waals surface area contributed by atoms with Crippen molar-refractivity contribution in [2.75, 3.05) is 14.2 Å². The highest BCUT2D eigenvalue weighted by Gasteiger charge is 2.62. The molecule has 0 spiro atoms. The van der Waals surface area contributed by atoms with E-state index in [1.54, 1.807) is 14.2 Å². The van der Waals surface area contributed by atoms with Gasteiger partial charge >= 0.3 is 0 Å². The molecule has 2 unspecified atom stereocenters. The molecule has 0 aliphatic heterocycles. The predicted octanol–water partition coefficient (Wildman–Crippen LogP) is 2.65. The van der Waals surface area contributed by atoms with Crippen LogP contribution >= 0.6 is 0 Å². The van der Waals surface area contributed by atoms with Crippen molar-refractivity contribution >= 4 is 0 Å². The van der Waals surface area contributed by atoms with E-state index in [2.05, 4.69) is 12.1 Å². The van der Waals surface area contributed by atoms with Crippen molar-refractivity contribution < 1.29 is 9.47 Å². The third-order valence-electron chi connectivity index (χ3n) is 4.51. The van der Waals surface area contributed by atoms with E-state index in [1.807, 2.05) is 13.8 Å². The number of fused-ring (bicyclic) bond motifs is 1. The first-order chi connectivity index (χ1) is 8.48. The average Bonchev–Trinajstić information content (AvgIpc) is 2.70. The molecule has 0 aromatic heterocycles. The number of rotatable bonds is 2. The summed E-state index contributed by atoms with van der Waals surface area (Å²) in [5.74, 6) is 1.40. The van der Waals surface area contributed by atoms with Crippen LogP contribution in [0.15, 0.2) is 22.7 Å². The van der Waals surface area contributed by atoms with Crippen molar-refractivity contribution in [2.24, 2.45) is 10.8 Å². The summed E-state index contributed by atoms with van der Waals surface area (Å²) < 4.78 is 10.9. The summed E-state index contributed by atoms with van der Waals surface area (Å²) >= 11 is 0. The zero-order chi connectivity index (χ0) is 13.6. The molecule has 0 fully saturated rings. The van der Waals surface area contributed by atoms with Gasteiger partial charge in [-0.15, -0.1) is 0 Å². The van der Waals surface area contributed by atoms with Crippen LogP contribution in [-0.2, 0) is 9.47 Å². The molecule has 2 rings (SSSR count). The summed E-state index contributed by atoms with van der Waals surface area (Å²) in [7, 11) is 3.17. The van der Waals surface area contributed by atoms with Gasteiger partial charge < -0.3 is 9.47 Å². The maximum Gasteiger partial charge on any atom is 0.116 e. The SMILES string of the molecule is COC1=C(C#N)CC2(C)C(OC)=C(C#N)CC12C. The van der Waals surface area contributed by atoms with Crippen LogP contribution in [0.25, 0.3) is 0 Å². The Balaban J connectivity index is 2.60. The highest BCUT2D eigenvalue weighted by atomic mass is 16.5. The first-order valence-corrected chi connectivity index (χ1v) is 5.84. The molecule has 0 N–H and O–H groups in total. The largest absolute Gasteiger partial charge is 0.499 e. The summed E-state index contributed by atoms with van der Waals surface area (Å²) in [6, 6.07) is 4.43. The first kappa shape index (κ1) is 12.5. The lowest BCUT2D eigenvalue weighted by Gasteiger charge is -2.37. The fourth-order valence-corrected chi connectivity index (χ4v) is 3.46. The first-order valence-electron chi connectivity index (χ1n) is 5.84. The number of hydrogen-bond acceptors (Lipinski definition) is 4. The molecule has 2 aliphatic carbocycles. The second-order valence-corrected chi connectivity index (χ2v) is 5.26. The minimum Gasteiger partial charge on any atom is -0.499 e. The second-order valence-electron chi connectivity index (χ2n) is 5.26. The van der Waals surface area contributed by atoms with Crippen LogP contribution in [0.4, 0.5) is 0 Å². The van der Waals surface area contributed by atoms with Gasteiger partial charge in [0.15, 0.2) is 0 Å². The quantitative estimate of drug-likeness (QED) is 0.749. The van der Waals surface area contributed by atoms with Gasteiger partial charge in [0.1, 0.15) is 11.5 Å². The van der Waals surface area contributed by atoms with Crippen molar-refractivity contribution in [3.05, 3.63) is 22.7 Å². The van der Waals surface area contributed by atoms with E-state index in [0.29, 0.717) is 35.5 Å². The molecular weight excluding hydrogens is 228 g/mol. The maximum absolute atomic E-state index is 9.22. The Bertz CT molecular complexity index is 497. The van der Waals surface area contributed by atoms with Crippen LogP contribution in [0.1, 0.15) is 26.7 Å². The molecule has 0 amide bonds. The van der Waals surface area contributed by atoms with Crippen LogP contribution in [0.3, 0.4) is 0 Å². The van der Waals surface area contributed by atoms with E-state index < -0.39 is 0 Å². The van der Waals surface area contributed by atoms with E-state index in [0.717, 1.165) is 0 Å². The normalized spacial score (nSPS) is 34.1. The number of allylic oxidation sites excluding steroid dienone is 4. The Morgan fingerprint density at radius 2 is 1.22 bits per heavy atom. The van der Waals surface area contributed by atoms with E-state index in [4.69, 9.17) is 9.47 Å². The van der Waals surface area contributed by atoms with Gasteiger partial charge in [-0.05, 0) is 12.8 Å². The number of ether oxygens (including phenoxy) is 2. The molecule has 0 saturated heterocycles. The zero-order valence-corrected chi connectivity index (χ0v) is 11.1. The molecule has 0 bridgehead atoms. The van der Waals surface area contributed by atoms with E-state index in [9.17, 15) is 10.5 Å². The fourth-order valence-electron chi connectivity index (χ4n) is 3.46. The second kappa shape index (κ2) is 3.78. The van der Waals surface area contributed by atoms with Crippen molar-refractivity contribution in [2.45, 2.75) is 26.7 Å². The molecule has 2 atom stereocenters. The number of nitriles is 2. The molecule has 4 nitrogen and oxygen atoms in total. The van der Waals surface area contributed by atoms with Gasteiger partial charge in [-0.25, -0.2) is 0 Å². The van der Waals surface area contributed by atoms with Crippen LogP contribution in [0.5, 0.6) is 0 Å². The fraction of sp³-hybridized carbons (Fsp3) is 0.571. The summed E-state index contributed by atoms with van der Waals surface area (Å²) in [5.41, 5.74) is 0.606. The number of nitrogens with zero attached hydrogens (tertiary/aromatic N) is 2. The molecule has 0 radical (unpaired) electrons. The molecule has 0 heterocycles. The molecule has 4 heteroatoms. The molecule has 0 saturated carbocycles. The minimum atomic E-state index is -0.358. The molecule has 18 heavy (non-hydrogen) atoms. The van der Waals surface area contributed by atoms with Gasteiger partial charge in [0, 0.05) is 10.8 Å². The van der Waals surface area contributed by atoms with Gasteiger partial charge in [-0.1, -0.05) is 13.8 Å². The topological polar surface area (TPSA) is 66.0 Å².